The van der Waals surface area contributed by atoms with Crippen LogP contribution in [0.4, 0.5) is 18.9 Å². The average Bonchev–Trinajstić information content (AvgIpc) is 3.47. The Bertz CT molecular complexity index is 942. The second kappa shape index (κ2) is 7.94. The number of anilines is 1. The van der Waals surface area contributed by atoms with Crippen molar-refractivity contribution in [2.75, 3.05) is 11.9 Å². The highest BCUT2D eigenvalue weighted by Crippen LogP contribution is 2.48. The molecule has 0 saturated heterocycles. The summed E-state index contributed by atoms with van der Waals surface area (Å²) in [5.41, 5.74) is 5.58. The van der Waals surface area contributed by atoms with Crippen molar-refractivity contribution >= 4 is 23.4 Å². The summed E-state index contributed by atoms with van der Waals surface area (Å²) < 4.78 is 37.9. The van der Waals surface area contributed by atoms with Gasteiger partial charge in [-0.3, -0.25) is 14.4 Å². The van der Waals surface area contributed by atoms with Gasteiger partial charge in [0.1, 0.15) is 0 Å². The van der Waals surface area contributed by atoms with Gasteiger partial charge in [-0.2, -0.15) is 13.2 Å². The van der Waals surface area contributed by atoms with Gasteiger partial charge in [0.05, 0.1) is 12.1 Å². The van der Waals surface area contributed by atoms with Crippen LogP contribution in [0.15, 0.2) is 48.5 Å². The van der Waals surface area contributed by atoms with Crippen LogP contribution in [-0.4, -0.2) is 24.3 Å². The molecular weight excluding hydrogens is 387 g/mol. The highest BCUT2D eigenvalue weighted by molar-refractivity contribution is 5.99. The third-order valence-electron chi connectivity index (χ3n) is 4.61. The van der Waals surface area contributed by atoms with Gasteiger partial charge in [0.15, 0.2) is 0 Å². The van der Waals surface area contributed by atoms with E-state index in [0.29, 0.717) is 17.7 Å². The number of primary amides is 1. The molecule has 0 bridgehead atoms. The summed E-state index contributed by atoms with van der Waals surface area (Å²) in [5.74, 6) is -1.94. The minimum absolute atomic E-state index is 0.140. The molecule has 6 nitrogen and oxygen atoms in total. The first-order valence-electron chi connectivity index (χ1n) is 8.80. The van der Waals surface area contributed by atoms with Gasteiger partial charge in [-0.25, -0.2) is 0 Å². The Morgan fingerprint density at radius 2 is 1.76 bits per heavy atom. The normalized spacial score (nSPS) is 18.0. The highest BCUT2D eigenvalue weighted by atomic mass is 19.4. The van der Waals surface area contributed by atoms with Crippen LogP contribution in [0, 0.1) is 5.92 Å². The number of rotatable bonds is 6. The van der Waals surface area contributed by atoms with E-state index in [0.717, 1.165) is 12.1 Å². The summed E-state index contributed by atoms with van der Waals surface area (Å²) in [4.78, 5) is 35.1. The third kappa shape index (κ3) is 5.13. The number of amides is 3. The monoisotopic (exact) mass is 405 g/mol. The second-order valence-corrected chi connectivity index (χ2v) is 6.79. The summed E-state index contributed by atoms with van der Waals surface area (Å²) in [6, 6.07) is 11.0. The molecule has 1 aliphatic carbocycles. The standard InChI is InChI=1S/C20H18F3N3O3/c21-20(22,23)13-6-4-11(5-7-13)15-9-16(15)19(29)26-14-3-1-2-12(8-14)18(28)25-10-17(24)27/h1-8,15-16H,9-10H2,(H2,24,27)(H,25,28)(H,26,29). The van der Waals surface area contributed by atoms with E-state index in [-0.39, 0.29) is 29.9 Å². The molecule has 0 heterocycles. The fraction of sp³-hybridized carbons (Fsp3) is 0.250. The molecular formula is C20H18F3N3O3. The van der Waals surface area contributed by atoms with E-state index in [1.54, 1.807) is 12.1 Å². The quantitative estimate of drug-likeness (QED) is 0.689. The lowest BCUT2D eigenvalue weighted by Crippen LogP contribution is -2.33. The van der Waals surface area contributed by atoms with Crippen molar-refractivity contribution in [1.29, 1.82) is 0 Å². The Morgan fingerprint density at radius 1 is 1.07 bits per heavy atom. The zero-order chi connectivity index (χ0) is 21.2. The molecule has 2 unspecified atom stereocenters. The predicted octanol–water partition coefficient (Wildman–Crippen LogP) is 2.66. The molecule has 2 aromatic carbocycles. The van der Waals surface area contributed by atoms with Crippen molar-refractivity contribution < 1.29 is 27.6 Å². The van der Waals surface area contributed by atoms with Gasteiger partial charge < -0.3 is 16.4 Å². The van der Waals surface area contributed by atoms with Crippen LogP contribution in [0.25, 0.3) is 0 Å². The van der Waals surface area contributed by atoms with Crippen molar-refractivity contribution in [2.45, 2.75) is 18.5 Å². The largest absolute Gasteiger partial charge is 0.416 e. The number of carbonyl (C=O) groups is 3. The number of halogens is 3. The minimum Gasteiger partial charge on any atom is -0.368 e. The third-order valence-corrected chi connectivity index (χ3v) is 4.61. The van der Waals surface area contributed by atoms with E-state index in [1.807, 2.05) is 0 Å². The molecule has 3 rings (SSSR count). The van der Waals surface area contributed by atoms with Crippen LogP contribution < -0.4 is 16.4 Å². The molecule has 4 N–H and O–H groups in total. The van der Waals surface area contributed by atoms with Gasteiger partial charge in [-0.05, 0) is 48.2 Å². The van der Waals surface area contributed by atoms with Crippen LogP contribution in [0.2, 0.25) is 0 Å². The summed E-state index contributed by atoms with van der Waals surface area (Å²) in [6.45, 7) is -0.299. The van der Waals surface area contributed by atoms with Gasteiger partial charge in [-0.15, -0.1) is 0 Å². The zero-order valence-corrected chi connectivity index (χ0v) is 15.1. The van der Waals surface area contributed by atoms with Crippen LogP contribution in [0.5, 0.6) is 0 Å². The Hall–Kier alpha value is -3.36. The van der Waals surface area contributed by atoms with E-state index >= 15 is 0 Å². The maximum absolute atomic E-state index is 12.6. The van der Waals surface area contributed by atoms with Crippen LogP contribution in [0.1, 0.15) is 33.8 Å². The molecule has 0 spiro atoms. The lowest BCUT2D eigenvalue weighted by molar-refractivity contribution is -0.137. The predicted molar refractivity (Wildman–Crippen MR) is 98.9 cm³/mol. The van der Waals surface area contributed by atoms with Crippen molar-refractivity contribution in [1.82, 2.24) is 5.32 Å². The number of carbonyl (C=O) groups excluding carboxylic acids is 3. The number of nitrogens with two attached hydrogens (primary N) is 1. The van der Waals surface area contributed by atoms with Crippen molar-refractivity contribution in [3.05, 3.63) is 65.2 Å². The SMILES string of the molecule is NC(=O)CNC(=O)c1cccc(NC(=O)C2CC2c2ccc(C(F)(F)F)cc2)c1. The van der Waals surface area contributed by atoms with Gasteiger partial charge in [0.25, 0.3) is 5.91 Å². The van der Waals surface area contributed by atoms with Crippen LogP contribution >= 0.6 is 0 Å². The summed E-state index contributed by atoms with van der Waals surface area (Å²) in [6.07, 6.45) is -3.86. The molecule has 0 radical (unpaired) electrons. The summed E-state index contributed by atoms with van der Waals surface area (Å²) in [7, 11) is 0. The maximum Gasteiger partial charge on any atom is 0.416 e. The fourth-order valence-electron chi connectivity index (χ4n) is 3.02. The molecule has 3 amide bonds. The van der Waals surface area contributed by atoms with Gasteiger partial charge in [0, 0.05) is 17.2 Å². The molecule has 0 aliphatic heterocycles. The van der Waals surface area contributed by atoms with E-state index in [1.165, 1.54) is 24.3 Å². The van der Waals surface area contributed by atoms with Crippen molar-refractivity contribution in [3.8, 4) is 0 Å². The van der Waals surface area contributed by atoms with Crippen LogP contribution in [0.3, 0.4) is 0 Å². The van der Waals surface area contributed by atoms with Crippen LogP contribution in [-0.2, 0) is 15.8 Å². The average molecular weight is 405 g/mol. The van der Waals surface area contributed by atoms with Crippen molar-refractivity contribution in [2.24, 2.45) is 11.7 Å². The van der Waals surface area contributed by atoms with Gasteiger partial charge in [-0.1, -0.05) is 18.2 Å². The Labute approximate surface area is 164 Å². The molecule has 1 fully saturated rings. The highest BCUT2D eigenvalue weighted by Gasteiger charge is 2.44. The van der Waals surface area contributed by atoms with Crippen molar-refractivity contribution in [3.63, 3.8) is 0 Å². The van der Waals surface area contributed by atoms with E-state index in [4.69, 9.17) is 5.73 Å². The Morgan fingerprint density at radius 3 is 2.38 bits per heavy atom. The van der Waals surface area contributed by atoms with Gasteiger partial charge in [0.2, 0.25) is 11.8 Å². The van der Waals surface area contributed by atoms with E-state index < -0.39 is 23.6 Å². The second-order valence-electron chi connectivity index (χ2n) is 6.79. The molecule has 2 atom stereocenters. The minimum atomic E-state index is -4.40. The number of alkyl halides is 3. The van der Waals surface area contributed by atoms with E-state index in [9.17, 15) is 27.6 Å². The lowest BCUT2D eigenvalue weighted by atomic mass is 10.1. The summed E-state index contributed by atoms with van der Waals surface area (Å²) in [5, 5.41) is 5.06. The number of hydrogen-bond acceptors (Lipinski definition) is 3. The molecule has 1 aliphatic rings. The Balaban J connectivity index is 1.60. The Kier molecular flexibility index (Phi) is 5.58. The molecule has 152 valence electrons. The molecule has 1 saturated carbocycles. The zero-order valence-electron chi connectivity index (χ0n) is 15.1. The first kappa shape index (κ1) is 20.4. The lowest BCUT2D eigenvalue weighted by Gasteiger charge is -2.09. The smallest absolute Gasteiger partial charge is 0.368 e. The number of hydrogen-bond donors (Lipinski definition) is 3. The maximum atomic E-state index is 12.6. The summed E-state index contributed by atoms with van der Waals surface area (Å²) >= 11 is 0. The molecule has 29 heavy (non-hydrogen) atoms. The topological polar surface area (TPSA) is 101 Å². The molecule has 2 aromatic rings. The molecule has 9 heteroatoms. The number of nitrogens with one attached hydrogen (secondary N) is 2. The van der Waals surface area contributed by atoms with Gasteiger partial charge >= 0.3 is 6.18 Å². The fourth-order valence-corrected chi connectivity index (χ4v) is 3.02. The number of benzene rings is 2. The van der Waals surface area contributed by atoms with E-state index in [2.05, 4.69) is 10.6 Å². The first-order valence-corrected chi connectivity index (χ1v) is 8.80. The molecule has 0 aromatic heterocycles. The first-order chi connectivity index (χ1) is 13.6.